The molecule has 0 heterocycles. The van der Waals surface area contributed by atoms with Crippen molar-refractivity contribution in [3.05, 3.63) is 29.3 Å². The van der Waals surface area contributed by atoms with Gasteiger partial charge in [-0.1, -0.05) is 39.0 Å². The zero-order chi connectivity index (χ0) is 15.7. The minimum Gasteiger partial charge on any atom is -0.326 e. The lowest BCUT2D eigenvalue weighted by molar-refractivity contribution is -0.116. The first kappa shape index (κ1) is 17.7. The summed E-state index contributed by atoms with van der Waals surface area (Å²) >= 11 is 0. The van der Waals surface area contributed by atoms with E-state index >= 15 is 0 Å². The molecule has 3 heteroatoms. The summed E-state index contributed by atoms with van der Waals surface area (Å²) in [6.07, 6.45) is 3.78. The molecule has 0 aliphatic rings. The SMILES string of the molecule is CCCN(CCC)CCC(=O)Nc1c(C)cccc1CC. The van der Waals surface area contributed by atoms with Gasteiger partial charge in [-0.25, -0.2) is 0 Å². The quantitative estimate of drug-likeness (QED) is 0.745. The molecular weight excluding hydrogens is 260 g/mol. The van der Waals surface area contributed by atoms with Crippen molar-refractivity contribution in [1.29, 1.82) is 0 Å². The van der Waals surface area contributed by atoms with Crippen LogP contribution in [-0.2, 0) is 11.2 Å². The molecule has 0 radical (unpaired) electrons. The minimum absolute atomic E-state index is 0.121. The monoisotopic (exact) mass is 290 g/mol. The Kier molecular flexibility index (Phi) is 8.06. The van der Waals surface area contributed by atoms with Gasteiger partial charge in [0, 0.05) is 18.7 Å². The predicted molar refractivity (Wildman–Crippen MR) is 90.8 cm³/mol. The number of hydrogen-bond donors (Lipinski definition) is 1. The highest BCUT2D eigenvalue weighted by Gasteiger charge is 2.10. The second-order valence-electron chi connectivity index (χ2n) is 5.60. The highest BCUT2D eigenvalue weighted by Crippen LogP contribution is 2.21. The predicted octanol–water partition coefficient (Wildman–Crippen LogP) is 4.01. The van der Waals surface area contributed by atoms with E-state index in [2.05, 4.69) is 50.0 Å². The van der Waals surface area contributed by atoms with E-state index in [1.165, 1.54) is 5.56 Å². The van der Waals surface area contributed by atoms with Crippen LogP contribution < -0.4 is 5.32 Å². The minimum atomic E-state index is 0.121. The second kappa shape index (κ2) is 9.56. The number of carbonyl (C=O) groups excluding carboxylic acids is 1. The molecule has 0 fully saturated rings. The number of benzene rings is 1. The molecule has 0 aliphatic heterocycles. The van der Waals surface area contributed by atoms with E-state index in [0.717, 1.165) is 50.1 Å². The summed E-state index contributed by atoms with van der Waals surface area (Å²) < 4.78 is 0. The van der Waals surface area contributed by atoms with E-state index in [4.69, 9.17) is 0 Å². The number of anilines is 1. The van der Waals surface area contributed by atoms with Crippen LogP contribution in [-0.4, -0.2) is 30.4 Å². The van der Waals surface area contributed by atoms with E-state index in [1.807, 2.05) is 6.07 Å². The standard InChI is InChI=1S/C18H30N2O/c1-5-12-20(13-6-2)14-11-17(21)19-18-15(4)9-8-10-16(18)7-3/h8-10H,5-7,11-14H2,1-4H3,(H,19,21). The lowest BCUT2D eigenvalue weighted by Gasteiger charge is -2.21. The Morgan fingerprint density at radius 1 is 1.10 bits per heavy atom. The van der Waals surface area contributed by atoms with Gasteiger partial charge in [-0.2, -0.15) is 0 Å². The zero-order valence-electron chi connectivity index (χ0n) is 14.0. The van der Waals surface area contributed by atoms with E-state index in [9.17, 15) is 4.79 Å². The van der Waals surface area contributed by atoms with Crippen LogP contribution >= 0.6 is 0 Å². The van der Waals surface area contributed by atoms with Gasteiger partial charge in [0.2, 0.25) is 5.91 Å². The summed E-state index contributed by atoms with van der Waals surface area (Å²) in [6, 6.07) is 6.19. The van der Waals surface area contributed by atoms with Crippen LogP contribution in [0.4, 0.5) is 5.69 Å². The molecule has 1 amide bonds. The van der Waals surface area contributed by atoms with E-state index in [0.29, 0.717) is 6.42 Å². The zero-order valence-corrected chi connectivity index (χ0v) is 14.0. The topological polar surface area (TPSA) is 32.3 Å². The van der Waals surface area contributed by atoms with Gasteiger partial charge >= 0.3 is 0 Å². The first-order chi connectivity index (χ1) is 10.1. The van der Waals surface area contributed by atoms with Crippen molar-refractivity contribution in [1.82, 2.24) is 4.90 Å². The van der Waals surface area contributed by atoms with Gasteiger partial charge in [0.05, 0.1) is 0 Å². The van der Waals surface area contributed by atoms with Crippen LogP contribution in [0.15, 0.2) is 18.2 Å². The van der Waals surface area contributed by atoms with Crippen molar-refractivity contribution >= 4 is 11.6 Å². The van der Waals surface area contributed by atoms with Crippen molar-refractivity contribution in [2.24, 2.45) is 0 Å². The average molecular weight is 290 g/mol. The molecule has 0 saturated carbocycles. The summed E-state index contributed by atoms with van der Waals surface area (Å²) in [5.41, 5.74) is 3.35. The molecular formula is C18H30N2O. The molecule has 0 bridgehead atoms. The Hall–Kier alpha value is -1.35. The summed E-state index contributed by atoms with van der Waals surface area (Å²) in [4.78, 5) is 14.6. The van der Waals surface area contributed by atoms with E-state index in [1.54, 1.807) is 0 Å². The molecule has 21 heavy (non-hydrogen) atoms. The van der Waals surface area contributed by atoms with Gasteiger partial charge < -0.3 is 10.2 Å². The average Bonchev–Trinajstić information content (AvgIpc) is 2.47. The summed E-state index contributed by atoms with van der Waals surface area (Å²) in [5.74, 6) is 0.121. The van der Waals surface area contributed by atoms with Crippen LogP contribution in [0.1, 0.15) is 51.2 Å². The number of para-hydroxylation sites is 1. The molecule has 0 saturated heterocycles. The van der Waals surface area contributed by atoms with Crippen LogP contribution in [0, 0.1) is 6.92 Å². The van der Waals surface area contributed by atoms with Gasteiger partial charge in [0.15, 0.2) is 0 Å². The fourth-order valence-corrected chi connectivity index (χ4v) is 2.63. The fourth-order valence-electron chi connectivity index (χ4n) is 2.63. The highest BCUT2D eigenvalue weighted by atomic mass is 16.1. The Labute approximate surface area is 129 Å². The smallest absolute Gasteiger partial charge is 0.225 e. The van der Waals surface area contributed by atoms with Crippen molar-refractivity contribution in [3.8, 4) is 0 Å². The molecule has 0 spiro atoms. The Balaban J connectivity index is 2.57. The van der Waals surface area contributed by atoms with Gasteiger partial charge in [-0.05, 0) is 50.4 Å². The number of amides is 1. The maximum Gasteiger partial charge on any atom is 0.225 e. The van der Waals surface area contributed by atoms with E-state index in [-0.39, 0.29) is 5.91 Å². The molecule has 0 aliphatic carbocycles. The molecule has 0 atom stereocenters. The van der Waals surface area contributed by atoms with Crippen LogP contribution in [0.2, 0.25) is 0 Å². The third-order valence-corrected chi connectivity index (χ3v) is 3.74. The van der Waals surface area contributed by atoms with Gasteiger partial charge in [-0.3, -0.25) is 4.79 Å². The Morgan fingerprint density at radius 3 is 2.33 bits per heavy atom. The summed E-state index contributed by atoms with van der Waals surface area (Å²) in [7, 11) is 0. The van der Waals surface area contributed by atoms with Gasteiger partial charge in [-0.15, -0.1) is 0 Å². The van der Waals surface area contributed by atoms with E-state index < -0.39 is 0 Å². The number of nitrogens with one attached hydrogen (secondary N) is 1. The Morgan fingerprint density at radius 2 is 1.76 bits per heavy atom. The van der Waals surface area contributed by atoms with Crippen LogP contribution in [0.3, 0.4) is 0 Å². The first-order valence-corrected chi connectivity index (χ1v) is 8.23. The molecule has 0 aromatic heterocycles. The lowest BCUT2D eigenvalue weighted by Crippen LogP contribution is -2.29. The van der Waals surface area contributed by atoms with Gasteiger partial charge in [0.25, 0.3) is 0 Å². The largest absolute Gasteiger partial charge is 0.326 e. The first-order valence-electron chi connectivity index (χ1n) is 8.23. The van der Waals surface area contributed by atoms with Crippen molar-refractivity contribution in [2.45, 2.75) is 53.4 Å². The molecule has 1 N–H and O–H groups in total. The molecule has 1 rings (SSSR count). The van der Waals surface area contributed by atoms with Crippen LogP contribution in [0.5, 0.6) is 0 Å². The van der Waals surface area contributed by atoms with Crippen molar-refractivity contribution in [3.63, 3.8) is 0 Å². The molecule has 118 valence electrons. The number of rotatable bonds is 9. The molecule has 3 nitrogen and oxygen atoms in total. The third-order valence-electron chi connectivity index (χ3n) is 3.74. The number of nitrogens with zero attached hydrogens (tertiary/aromatic N) is 1. The Bertz CT molecular complexity index is 437. The maximum absolute atomic E-state index is 12.2. The number of aryl methyl sites for hydroxylation is 2. The number of carbonyl (C=O) groups is 1. The third kappa shape index (κ3) is 5.88. The maximum atomic E-state index is 12.2. The molecule has 0 unspecified atom stereocenters. The fraction of sp³-hybridized carbons (Fsp3) is 0.611. The summed E-state index contributed by atoms with van der Waals surface area (Å²) in [5, 5.41) is 3.10. The van der Waals surface area contributed by atoms with Crippen molar-refractivity contribution in [2.75, 3.05) is 25.0 Å². The molecule has 1 aromatic rings. The lowest BCUT2D eigenvalue weighted by atomic mass is 10.1. The molecule has 1 aromatic carbocycles. The highest BCUT2D eigenvalue weighted by molar-refractivity contribution is 5.92. The van der Waals surface area contributed by atoms with Crippen molar-refractivity contribution < 1.29 is 4.79 Å². The second-order valence-corrected chi connectivity index (χ2v) is 5.60. The summed E-state index contributed by atoms with van der Waals surface area (Å²) in [6.45, 7) is 11.5. The number of hydrogen-bond acceptors (Lipinski definition) is 2. The normalized spacial score (nSPS) is 10.9. The van der Waals surface area contributed by atoms with Gasteiger partial charge in [0.1, 0.15) is 0 Å². The van der Waals surface area contributed by atoms with Crippen LogP contribution in [0.25, 0.3) is 0 Å².